The van der Waals surface area contributed by atoms with Crippen molar-refractivity contribution < 1.29 is 23.1 Å². The Kier molecular flexibility index (Phi) is 4.65. The monoisotopic (exact) mass is 287 g/mol. The van der Waals surface area contributed by atoms with Gasteiger partial charge in [-0.1, -0.05) is 0 Å². The first kappa shape index (κ1) is 14.8. The molecule has 1 N–H and O–H groups in total. The molecule has 0 bridgehead atoms. The van der Waals surface area contributed by atoms with Gasteiger partial charge < -0.3 is 10.0 Å². The van der Waals surface area contributed by atoms with Crippen LogP contribution in [-0.4, -0.2) is 35.1 Å². The lowest BCUT2D eigenvalue weighted by Gasteiger charge is -2.37. The summed E-state index contributed by atoms with van der Waals surface area (Å²) >= 11 is 0. The molecule has 3 nitrogen and oxygen atoms in total. The largest absolute Gasteiger partial charge is 0.396 e. The third-order valence-corrected chi connectivity index (χ3v) is 3.56. The SMILES string of the molecule is O=C(c1cc(F)c(F)c(F)c1)N(CCCO)C1CCC1. The second kappa shape index (κ2) is 6.26. The minimum absolute atomic E-state index is 0.0326. The van der Waals surface area contributed by atoms with Crippen LogP contribution in [0.5, 0.6) is 0 Å². The van der Waals surface area contributed by atoms with Crippen LogP contribution >= 0.6 is 0 Å². The first-order chi connectivity index (χ1) is 9.54. The smallest absolute Gasteiger partial charge is 0.254 e. The summed E-state index contributed by atoms with van der Waals surface area (Å²) in [5.41, 5.74) is -0.203. The highest BCUT2D eigenvalue weighted by atomic mass is 19.2. The standard InChI is InChI=1S/C14H16F3NO2/c15-11-7-9(8-12(16)13(11)17)14(20)18(5-2-6-19)10-3-1-4-10/h7-8,10,19H,1-6H2. The highest BCUT2D eigenvalue weighted by Gasteiger charge is 2.29. The first-order valence-electron chi connectivity index (χ1n) is 6.61. The maximum Gasteiger partial charge on any atom is 0.254 e. The summed E-state index contributed by atoms with van der Waals surface area (Å²) in [5, 5.41) is 8.86. The summed E-state index contributed by atoms with van der Waals surface area (Å²) in [5.74, 6) is -4.85. The molecule has 1 saturated carbocycles. The Morgan fingerprint density at radius 3 is 2.30 bits per heavy atom. The number of carbonyl (C=O) groups excluding carboxylic acids is 1. The van der Waals surface area contributed by atoms with Crippen LogP contribution in [0, 0.1) is 17.5 Å². The molecule has 0 aliphatic heterocycles. The van der Waals surface area contributed by atoms with Gasteiger partial charge in [0.25, 0.3) is 5.91 Å². The molecular weight excluding hydrogens is 271 g/mol. The maximum absolute atomic E-state index is 13.2. The zero-order chi connectivity index (χ0) is 14.7. The van der Waals surface area contributed by atoms with Crippen molar-refractivity contribution in [1.29, 1.82) is 0 Å². The molecule has 0 atom stereocenters. The molecule has 110 valence electrons. The van der Waals surface area contributed by atoms with E-state index in [2.05, 4.69) is 0 Å². The first-order valence-corrected chi connectivity index (χ1v) is 6.61. The van der Waals surface area contributed by atoms with E-state index in [9.17, 15) is 18.0 Å². The van der Waals surface area contributed by atoms with Crippen molar-refractivity contribution in [3.05, 3.63) is 35.1 Å². The average molecular weight is 287 g/mol. The predicted molar refractivity (Wildman–Crippen MR) is 66.7 cm³/mol. The highest BCUT2D eigenvalue weighted by Crippen LogP contribution is 2.27. The van der Waals surface area contributed by atoms with Crippen molar-refractivity contribution >= 4 is 5.91 Å². The topological polar surface area (TPSA) is 40.5 Å². The van der Waals surface area contributed by atoms with E-state index < -0.39 is 23.4 Å². The Morgan fingerprint density at radius 2 is 1.85 bits per heavy atom. The molecule has 1 aromatic carbocycles. The lowest BCUT2D eigenvalue weighted by Crippen LogP contribution is -2.45. The summed E-state index contributed by atoms with van der Waals surface area (Å²) in [7, 11) is 0. The number of carbonyl (C=O) groups is 1. The molecule has 0 aromatic heterocycles. The van der Waals surface area contributed by atoms with Crippen molar-refractivity contribution in [2.24, 2.45) is 0 Å². The van der Waals surface area contributed by atoms with Crippen LogP contribution in [0.4, 0.5) is 13.2 Å². The molecule has 1 fully saturated rings. The normalized spacial score (nSPS) is 15.0. The van der Waals surface area contributed by atoms with Gasteiger partial charge in [0.1, 0.15) is 0 Å². The summed E-state index contributed by atoms with van der Waals surface area (Å²) in [6.45, 7) is 0.253. The van der Waals surface area contributed by atoms with Gasteiger partial charge in [-0.3, -0.25) is 4.79 Å². The molecule has 0 heterocycles. The fourth-order valence-corrected chi connectivity index (χ4v) is 2.23. The quantitative estimate of drug-likeness (QED) is 0.845. The number of aliphatic hydroxyl groups excluding tert-OH is 1. The van der Waals surface area contributed by atoms with Crippen molar-refractivity contribution in [1.82, 2.24) is 4.90 Å². The summed E-state index contributed by atoms with van der Waals surface area (Å²) in [6, 6.07) is 1.46. The van der Waals surface area contributed by atoms with Crippen molar-refractivity contribution in [3.8, 4) is 0 Å². The Bertz CT molecular complexity index is 480. The number of halogens is 3. The fraction of sp³-hybridized carbons (Fsp3) is 0.500. The number of rotatable bonds is 5. The number of hydrogen-bond donors (Lipinski definition) is 1. The van der Waals surface area contributed by atoms with E-state index in [1.807, 2.05) is 0 Å². The number of amides is 1. The van der Waals surface area contributed by atoms with E-state index in [0.717, 1.165) is 19.3 Å². The van der Waals surface area contributed by atoms with E-state index >= 15 is 0 Å². The Balaban J connectivity index is 2.22. The van der Waals surface area contributed by atoms with E-state index in [1.54, 1.807) is 0 Å². The molecule has 20 heavy (non-hydrogen) atoms. The third-order valence-electron chi connectivity index (χ3n) is 3.56. The zero-order valence-corrected chi connectivity index (χ0v) is 10.9. The minimum atomic E-state index is -1.58. The van der Waals surface area contributed by atoms with Crippen LogP contribution in [-0.2, 0) is 0 Å². The molecule has 2 rings (SSSR count). The Labute approximate surface area is 115 Å². The number of hydrogen-bond acceptors (Lipinski definition) is 2. The van der Waals surface area contributed by atoms with Gasteiger partial charge in [-0.25, -0.2) is 13.2 Å². The van der Waals surface area contributed by atoms with Crippen LogP contribution in [0.2, 0.25) is 0 Å². The second-order valence-electron chi connectivity index (χ2n) is 4.91. The summed E-state index contributed by atoms with van der Waals surface area (Å²) in [6.07, 6.45) is 3.07. The molecule has 1 aliphatic rings. The second-order valence-corrected chi connectivity index (χ2v) is 4.91. The molecule has 1 aliphatic carbocycles. The predicted octanol–water partition coefficient (Wildman–Crippen LogP) is 2.48. The van der Waals surface area contributed by atoms with Gasteiger partial charge in [0, 0.05) is 24.8 Å². The van der Waals surface area contributed by atoms with Crippen LogP contribution in [0.15, 0.2) is 12.1 Å². The lowest BCUT2D eigenvalue weighted by atomic mass is 9.90. The minimum Gasteiger partial charge on any atom is -0.396 e. The van der Waals surface area contributed by atoms with E-state index in [-0.39, 0.29) is 18.2 Å². The van der Waals surface area contributed by atoms with E-state index in [1.165, 1.54) is 4.90 Å². The lowest BCUT2D eigenvalue weighted by molar-refractivity contribution is 0.0561. The van der Waals surface area contributed by atoms with Gasteiger partial charge in [0.15, 0.2) is 17.5 Å². The van der Waals surface area contributed by atoms with Crippen molar-refractivity contribution in [2.75, 3.05) is 13.2 Å². The molecule has 0 spiro atoms. The van der Waals surface area contributed by atoms with Gasteiger partial charge in [0.2, 0.25) is 0 Å². The molecule has 0 saturated heterocycles. The van der Waals surface area contributed by atoms with Crippen LogP contribution < -0.4 is 0 Å². The van der Waals surface area contributed by atoms with Gasteiger partial charge in [-0.2, -0.15) is 0 Å². The summed E-state index contributed by atoms with van der Waals surface area (Å²) < 4.78 is 39.3. The number of benzene rings is 1. The van der Waals surface area contributed by atoms with Gasteiger partial charge in [-0.05, 0) is 37.8 Å². The van der Waals surface area contributed by atoms with Crippen LogP contribution in [0.3, 0.4) is 0 Å². The van der Waals surface area contributed by atoms with Crippen LogP contribution in [0.25, 0.3) is 0 Å². The zero-order valence-electron chi connectivity index (χ0n) is 10.9. The molecule has 1 amide bonds. The highest BCUT2D eigenvalue weighted by molar-refractivity contribution is 5.94. The summed E-state index contributed by atoms with van der Waals surface area (Å²) in [4.78, 5) is 13.8. The van der Waals surface area contributed by atoms with Gasteiger partial charge in [-0.15, -0.1) is 0 Å². The Morgan fingerprint density at radius 1 is 1.25 bits per heavy atom. The fourth-order valence-electron chi connectivity index (χ4n) is 2.23. The van der Waals surface area contributed by atoms with Crippen LogP contribution in [0.1, 0.15) is 36.0 Å². The molecular formula is C14H16F3NO2. The molecule has 1 aromatic rings. The van der Waals surface area contributed by atoms with Crippen molar-refractivity contribution in [2.45, 2.75) is 31.7 Å². The van der Waals surface area contributed by atoms with E-state index in [4.69, 9.17) is 5.11 Å². The molecule has 6 heteroatoms. The Hall–Kier alpha value is -1.56. The number of aliphatic hydroxyl groups is 1. The third kappa shape index (κ3) is 2.95. The van der Waals surface area contributed by atoms with E-state index in [0.29, 0.717) is 25.1 Å². The van der Waals surface area contributed by atoms with Gasteiger partial charge in [0.05, 0.1) is 0 Å². The molecule has 0 unspecified atom stereocenters. The maximum atomic E-state index is 13.2. The van der Waals surface area contributed by atoms with Crippen molar-refractivity contribution in [3.63, 3.8) is 0 Å². The average Bonchev–Trinajstić information content (AvgIpc) is 2.37. The molecule has 0 radical (unpaired) electrons. The number of nitrogens with zero attached hydrogens (tertiary/aromatic N) is 1. The van der Waals surface area contributed by atoms with Gasteiger partial charge >= 0.3 is 0 Å².